The molecule has 3 rings (SSSR count). The molecule has 1 aliphatic rings. The average Bonchev–Trinajstić information content (AvgIpc) is 3.06. The molecule has 1 aliphatic heterocycles. The van der Waals surface area contributed by atoms with E-state index in [2.05, 4.69) is 10.3 Å². The minimum atomic E-state index is -3.33. The van der Waals surface area contributed by atoms with Crippen molar-refractivity contribution in [2.75, 3.05) is 19.3 Å². The van der Waals surface area contributed by atoms with Crippen molar-refractivity contribution in [1.29, 1.82) is 0 Å². The highest BCUT2D eigenvalue weighted by atomic mass is 32.2. The first-order chi connectivity index (χ1) is 13.6. The molecule has 0 aliphatic carbocycles. The molecular weight excluding hydrogens is 436 g/mol. The van der Waals surface area contributed by atoms with Crippen LogP contribution in [0.2, 0.25) is 0 Å². The van der Waals surface area contributed by atoms with Gasteiger partial charge in [0.15, 0.2) is 4.34 Å². The molecular formula is C17H20N4O5S3. The van der Waals surface area contributed by atoms with E-state index in [0.29, 0.717) is 28.6 Å². The van der Waals surface area contributed by atoms with Gasteiger partial charge in [-0.1, -0.05) is 11.8 Å². The predicted octanol–water partition coefficient (Wildman–Crippen LogP) is 2.66. The number of hydrogen-bond acceptors (Lipinski definition) is 8. The molecule has 1 aromatic carbocycles. The average molecular weight is 457 g/mol. The highest BCUT2D eigenvalue weighted by Gasteiger charge is 2.27. The number of rotatable bonds is 6. The number of nitro groups is 1. The van der Waals surface area contributed by atoms with Crippen LogP contribution in [0.3, 0.4) is 0 Å². The molecule has 0 bridgehead atoms. The maximum atomic E-state index is 12.6. The highest BCUT2D eigenvalue weighted by Crippen LogP contribution is 2.36. The molecule has 156 valence electrons. The smallest absolute Gasteiger partial charge is 0.284 e. The lowest BCUT2D eigenvalue weighted by Crippen LogP contribution is -2.49. The summed E-state index contributed by atoms with van der Waals surface area (Å²) in [5, 5.41) is 16.2. The molecule has 9 nitrogen and oxygen atoms in total. The van der Waals surface area contributed by atoms with Crippen LogP contribution in [0.1, 0.15) is 28.9 Å². The molecule has 29 heavy (non-hydrogen) atoms. The van der Waals surface area contributed by atoms with Crippen LogP contribution < -0.4 is 5.32 Å². The van der Waals surface area contributed by atoms with Crippen molar-refractivity contribution in [1.82, 2.24) is 14.6 Å². The summed E-state index contributed by atoms with van der Waals surface area (Å²) in [6.45, 7) is 2.47. The number of thiazole rings is 1. The van der Waals surface area contributed by atoms with Gasteiger partial charge in [0.05, 0.1) is 16.1 Å². The summed E-state index contributed by atoms with van der Waals surface area (Å²) in [5.74, 6) is -0.463. The van der Waals surface area contributed by atoms with Crippen molar-refractivity contribution < 1.29 is 18.1 Å². The molecule has 2 heterocycles. The third-order valence-corrected chi connectivity index (χ3v) is 7.79. The van der Waals surface area contributed by atoms with Crippen molar-refractivity contribution in [2.45, 2.75) is 35.0 Å². The Morgan fingerprint density at radius 1 is 1.45 bits per heavy atom. The van der Waals surface area contributed by atoms with E-state index in [1.807, 2.05) is 12.3 Å². The van der Waals surface area contributed by atoms with Gasteiger partial charge in [0, 0.05) is 41.8 Å². The molecule has 1 atom stereocenters. The van der Waals surface area contributed by atoms with Crippen molar-refractivity contribution in [3.8, 4) is 0 Å². The van der Waals surface area contributed by atoms with Gasteiger partial charge >= 0.3 is 0 Å². The Hall–Kier alpha value is -2.02. The molecule has 1 amide bonds. The van der Waals surface area contributed by atoms with Gasteiger partial charge in [-0.25, -0.2) is 17.7 Å². The number of benzene rings is 1. The number of sulfonamides is 1. The lowest BCUT2D eigenvalue weighted by molar-refractivity contribution is -0.387. The van der Waals surface area contributed by atoms with Crippen LogP contribution >= 0.6 is 23.1 Å². The Bertz CT molecular complexity index is 1040. The Kier molecular flexibility index (Phi) is 6.56. The van der Waals surface area contributed by atoms with Gasteiger partial charge < -0.3 is 5.32 Å². The molecule has 1 unspecified atom stereocenters. The Morgan fingerprint density at radius 2 is 2.21 bits per heavy atom. The fraction of sp³-hybridized carbons (Fsp3) is 0.412. The Morgan fingerprint density at radius 3 is 2.83 bits per heavy atom. The van der Waals surface area contributed by atoms with Crippen LogP contribution in [0, 0.1) is 17.0 Å². The first kappa shape index (κ1) is 21.7. The Balaban J connectivity index is 1.75. The third-order valence-electron chi connectivity index (χ3n) is 4.40. The number of carbonyl (C=O) groups excluding carboxylic acids is 1. The summed E-state index contributed by atoms with van der Waals surface area (Å²) in [6, 6.07) is 3.98. The molecule has 1 N–H and O–H groups in total. The normalized spacial score (nSPS) is 17.8. The van der Waals surface area contributed by atoms with E-state index in [1.54, 1.807) is 0 Å². The van der Waals surface area contributed by atoms with Crippen molar-refractivity contribution in [3.05, 3.63) is 45.0 Å². The number of nitrogens with zero attached hydrogens (tertiary/aromatic N) is 3. The summed E-state index contributed by atoms with van der Waals surface area (Å²) >= 11 is 2.58. The number of hydrogen-bond donors (Lipinski definition) is 1. The molecule has 1 saturated heterocycles. The molecule has 1 fully saturated rings. The second-order valence-corrected chi connectivity index (χ2v) is 10.9. The summed E-state index contributed by atoms with van der Waals surface area (Å²) in [7, 11) is -3.33. The van der Waals surface area contributed by atoms with E-state index in [9.17, 15) is 23.3 Å². The second-order valence-electron chi connectivity index (χ2n) is 6.73. The van der Waals surface area contributed by atoms with Crippen molar-refractivity contribution in [2.24, 2.45) is 0 Å². The molecule has 2 aromatic rings. The van der Waals surface area contributed by atoms with Gasteiger partial charge in [-0.15, -0.1) is 11.3 Å². The second kappa shape index (κ2) is 8.78. The van der Waals surface area contributed by atoms with E-state index < -0.39 is 20.9 Å². The summed E-state index contributed by atoms with van der Waals surface area (Å²) in [5.41, 5.74) is 0.830. The zero-order valence-electron chi connectivity index (χ0n) is 15.8. The highest BCUT2D eigenvalue weighted by molar-refractivity contribution is 8.01. The standard InChI is InChI=1S/C17H20N4O5S3/c1-11-10-27-17(18-11)28-15-6-5-12(8-14(15)21(23)24)16(22)19-13-4-3-7-20(9-13)29(2,25)26/h5-6,8,10,13H,3-4,7,9H2,1-2H3,(H,19,22). The lowest BCUT2D eigenvalue weighted by Gasteiger charge is -2.31. The zero-order valence-corrected chi connectivity index (χ0v) is 18.3. The minimum absolute atomic E-state index is 0.160. The van der Waals surface area contributed by atoms with Gasteiger partial charge in [-0.3, -0.25) is 14.9 Å². The van der Waals surface area contributed by atoms with Gasteiger partial charge in [0.25, 0.3) is 11.6 Å². The zero-order chi connectivity index (χ0) is 21.2. The Labute approximate surface area is 176 Å². The van der Waals surface area contributed by atoms with Crippen molar-refractivity contribution in [3.63, 3.8) is 0 Å². The summed E-state index contributed by atoms with van der Waals surface area (Å²) in [6.07, 6.45) is 2.43. The molecule has 0 radical (unpaired) electrons. The van der Waals surface area contributed by atoms with Crippen LogP contribution in [0.4, 0.5) is 5.69 Å². The summed E-state index contributed by atoms with van der Waals surface area (Å²) < 4.78 is 25.5. The third kappa shape index (κ3) is 5.53. The van der Waals surface area contributed by atoms with Gasteiger partial charge in [-0.2, -0.15) is 0 Å². The van der Waals surface area contributed by atoms with Crippen molar-refractivity contribution >= 4 is 44.7 Å². The number of amides is 1. The van der Waals surface area contributed by atoms with Gasteiger partial charge in [0.2, 0.25) is 10.0 Å². The topological polar surface area (TPSA) is 123 Å². The van der Waals surface area contributed by atoms with Gasteiger partial charge in [0.1, 0.15) is 0 Å². The van der Waals surface area contributed by atoms with E-state index in [1.165, 1.54) is 45.6 Å². The number of aromatic nitrogens is 1. The SMILES string of the molecule is Cc1csc(Sc2ccc(C(=O)NC3CCCN(S(C)(=O)=O)C3)cc2[N+](=O)[O-])n1. The van der Waals surface area contributed by atoms with E-state index in [-0.39, 0.29) is 23.8 Å². The maximum Gasteiger partial charge on any atom is 0.284 e. The monoisotopic (exact) mass is 456 g/mol. The number of nitrogens with one attached hydrogen (secondary N) is 1. The first-order valence-corrected chi connectivity index (χ1v) is 12.3. The van der Waals surface area contributed by atoms with Crippen LogP contribution in [-0.4, -0.2) is 53.9 Å². The molecule has 12 heteroatoms. The van der Waals surface area contributed by atoms with Crippen LogP contribution in [0.25, 0.3) is 0 Å². The largest absolute Gasteiger partial charge is 0.348 e. The fourth-order valence-corrected chi connectivity index (χ4v) is 5.78. The van der Waals surface area contributed by atoms with E-state index >= 15 is 0 Å². The van der Waals surface area contributed by atoms with Crippen LogP contribution in [-0.2, 0) is 10.0 Å². The number of piperidine rings is 1. The maximum absolute atomic E-state index is 12.6. The number of nitro benzene ring substituents is 1. The first-order valence-electron chi connectivity index (χ1n) is 8.78. The summed E-state index contributed by atoms with van der Waals surface area (Å²) in [4.78, 5) is 28.3. The van der Waals surface area contributed by atoms with E-state index in [0.717, 1.165) is 11.9 Å². The van der Waals surface area contributed by atoms with E-state index in [4.69, 9.17) is 0 Å². The number of carbonyl (C=O) groups is 1. The van der Waals surface area contributed by atoms with Crippen LogP contribution in [0.5, 0.6) is 0 Å². The fourth-order valence-electron chi connectivity index (χ4n) is 2.99. The lowest BCUT2D eigenvalue weighted by atomic mass is 10.1. The minimum Gasteiger partial charge on any atom is -0.348 e. The molecule has 0 spiro atoms. The molecule has 1 aromatic heterocycles. The number of aryl methyl sites for hydroxylation is 1. The van der Waals surface area contributed by atoms with Gasteiger partial charge in [-0.05, 0) is 31.9 Å². The molecule has 0 saturated carbocycles. The quantitative estimate of drug-likeness (QED) is 0.524. The predicted molar refractivity (Wildman–Crippen MR) is 111 cm³/mol. The van der Waals surface area contributed by atoms with Crippen LogP contribution in [0.15, 0.2) is 32.8 Å².